The zero-order valence-corrected chi connectivity index (χ0v) is 16.6. The topological polar surface area (TPSA) is 122 Å². The molecule has 0 saturated carbocycles. The lowest BCUT2D eigenvalue weighted by atomic mass is 10.2. The quantitative estimate of drug-likeness (QED) is 0.492. The summed E-state index contributed by atoms with van der Waals surface area (Å²) in [7, 11) is -4.02. The van der Waals surface area contributed by atoms with Gasteiger partial charge >= 0.3 is 0 Å². The molecule has 0 aliphatic carbocycles. The van der Waals surface area contributed by atoms with E-state index in [4.69, 9.17) is 0 Å². The maximum atomic E-state index is 12.7. The molecule has 2 N–H and O–H groups in total. The Balaban J connectivity index is 1.43. The van der Waals surface area contributed by atoms with Crippen LogP contribution in [0.4, 0.5) is 0 Å². The number of sulfonamides is 1. The molecule has 0 unspecified atom stereocenters. The minimum Gasteiger partial charge on any atom is -0.310 e. The second kappa shape index (κ2) is 8.03. The van der Waals surface area contributed by atoms with Crippen LogP contribution >= 0.6 is 0 Å². The van der Waals surface area contributed by atoms with E-state index < -0.39 is 15.9 Å². The summed E-state index contributed by atoms with van der Waals surface area (Å²) in [6, 6.07) is 13.4. The molecule has 4 aromatic rings. The van der Waals surface area contributed by atoms with E-state index in [1.807, 2.05) is 0 Å². The Bertz CT molecular complexity index is 1410. The number of pyridine rings is 1. The Hall–Kier alpha value is -3.59. The molecule has 0 radical (unpaired) electrons. The number of carbonyl (C=O) groups is 1. The van der Waals surface area contributed by atoms with E-state index in [1.165, 1.54) is 12.3 Å². The van der Waals surface area contributed by atoms with E-state index in [0.717, 1.165) is 0 Å². The molecule has 0 fully saturated rings. The number of rotatable bonds is 6. The molecule has 9 heteroatoms. The molecule has 4 rings (SSSR count). The second-order valence-corrected chi connectivity index (χ2v) is 8.42. The molecule has 0 bridgehead atoms. The van der Waals surface area contributed by atoms with Crippen molar-refractivity contribution in [2.75, 3.05) is 0 Å². The Labute approximate surface area is 172 Å². The van der Waals surface area contributed by atoms with Crippen LogP contribution in [0.1, 0.15) is 18.7 Å². The lowest BCUT2D eigenvalue weighted by Crippen LogP contribution is -2.30. The van der Waals surface area contributed by atoms with Crippen LogP contribution in [0.2, 0.25) is 0 Å². The number of nitrogens with zero attached hydrogens (tertiary/aromatic N) is 2. The van der Waals surface area contributed by atoms with Crippen molar-refractivity contribution in [1.82, 2.24) is 19.7 Å². The highest BCUT2D eigenvalue weighted by Gasteiger charge is 2.20. The molecular weight excluding hydrogens is 404 g/mol. The summed E-state index contributed by atoms with van der Waals surface area (Å²) in [5.41, 5.74) is 0.335. The predicted octanol–water partition coefficient (Wildman–Crippen LogP) is 2.30. The summed E-state index contributed by atoms with van der Waals surface area (Å²) < 4.78 is 27.4. The van der Waals surface area contributed by atoms with Crippen LogP contribution in [0.5, 0.6) is 0 Å². The average Bonchev–Trinajstić information content (AvgIpc) is 2.73. The first kappa shape index (κ1) is 19.7. The van der Waals surface area contributed by atoms with Crippen molar-refractivity contribution in [2.24, 2.45) is 0 Å². The van der Waals surface area contributed by atoms with Gasteiger partial charge in [0.1, 0.15) is 5.82 Å². The first-order chi connectivity index (χ1) is 14.4. The van der Waals surface area contributed by atoms with Crippen molar-refractivity contribution in [2.45, 2.75) is 24.2 Å². The maximum absolute atomic E-state index is 12.7. The highest BCUT2D eigenvalue weighted by Crippen LogP contribution is 2.21. The molecule has 2 aromatic carbocycles. The molecule has 0 aliphatic rings. The highest BCUT2D eigenvalue weighted by atomic mass is 32.2. The van der Waals surface area contributed by atoms with Gasteiger partial charge in [-0.1, -0.05) is 24.3 Å². The molecular formula is C21H18N4O4S. The van der Waals surface area contributed by atoms with E-state index in [1.54, 1.807) is 48.7 Å². The number of aryl methyl sites for hydroxylation is 1. The Kier molecular flexibility index (Phi) is 5.28. The van der Waals surface area contributed by atoms with Gasteiger partial charge in [-0.2, -0.15) is 0 Å². The molecule has 0 aliphatic heterocycles. The van der Waals surface area contributed by atoms with Crippen LogP contribution in [-0.2, 0) is 21.2 Å². The fraction of sp³-hybridized carbons (Fsp3) is 0.143. The Morgan fingerprint density at radius 3 is 2.73 bits per heavy atom. The van der Waals surface area contributed by atoms with Crippen LogP contribution in [0.15, 0.2) is 70.6 Å². The van der Waals surface area contributed by atoms with Crippen molar-refractivity contribution >= 4 is 37.6 Å². The minimum atomic E-state index is -4.02. The highest BCUT2D eigenvalue weighted by molar-refractivity contribution is 7.90. The maximum Gasteiger partial charge on any atom is 0.264 e. The summed E-state index contributed by atoms with van der Waals surface area (Å²) in [5, 5.41) is 1.65. The van der Waals surface area contributed by atoms with E-state index in [2.05, 4.69) is 19.7 Å². The summed E-state index contributed by atoms with van der Waals surface area (Å²) in [5.74, 6) is -0.167. The lowest BCUT2D eigenvalue weighted by molar-refractivity contribution is -0.119. The Morgan fingerprint density at radius 2 is 1.87 bits per heavy atom. The van der Waals surface area contributed by atoms with Crippen LogP contribution in [0.3, 0.4) is 0 Å². The summed E-state index contributed by atoms with van der Waals surface area (Å²) in [4.78, 5) is 35.4. The summed E-state index contributed by atoms with van der Waals surface area (Å²) in [6.07, 6.45) is 3.71. The lowest BCUT2D eigenvalue weighted by Gasteiger charge is -2.09. The monoisotopic (exact) mass is 422 g/mol. The third-order valence-electron chi connectivity index (χ3n) is 4.66. The van der Waals surface area contributed by atoms with E-state index in [-0.39, 0.29) is 16.9 Å². The standard InChI is InChI=1S/C21H18N4O4S/c26-20(10-4-9-19-23-17-7-2-1-6-16(17)21(27)24-19)25-30(28,29)18-8-3-5-14-13-22-12-11-15(14)18/h1-3,5-8,11-13H,4,9-10H2,(H,25,26)(H,23,24,27). The zero-order valence-electron chi connectivity index (χ0n) is 15.8. The average molecular weight is 422 g/mol. The molecule has 2 aromatic heterocycles. The van der Waals surface area contributed by atoms with Gasteiger partial charge in [0.15, 0.2) is 0 Å². The fourth-order valence-electron chi connectivity index (χ4n) is 3.25. The second-order valence-electron chi connectivity index (χ2n) is 6.76. The molecule has 0 atom stereocenters. The zero-order chi connectivity index (χ0) is 21.1. The predicted molar refractivity (Wildman–Crippen MR) is 112 cm³/mol. The molecule has 1 amide bonds. The van der Waals surface area contributed by atoms with Gasteiger partial charge in [-0.05, 0) is 30.7 Å². The summed E-state index contributed by atoms with van der Waals surface area (Å²) in [6.45, 7) is 0. The van der Waals surface area contributed by atoms with Crippen molar-refractivity contribution < 1.29 is 13.2 Å². The van der Waals surface area contributed by atoms with Crippen LogP contribution in [0, 0.1) is 0 Å². The number of H-pyrrole nitrogens is 1. The van der Waals surface area contributed by atoms with Gasteiger partial charge in [0, 0.05) is 36.0 Å². The molecule has 0 saturated heterocycles. The van der Waals surface area contributed by atoms with Gasteiger partial charge in [0.2, 0.25) is 5.91 Å². The number of aromatic nitrogens is 3. The first-order valence-electron chi connectivity index (χ1n) is 9.30. The van der Waals surface area contributed by atoms with Gasteiger partial charge in [0.05, 0.1) is 15.8 Å². The number of para-hydroxylation sites is 1. The summed E-state index contributed by atoms with van der Waals surface area (Å²) >= 11 is 0. The van der Waals surface area contributed by atoms with Crippen LogP contribution < -0.4 is 10.3 Å². The normalized spacial score (nSPS) is 11.6. The van der Waals surface area contributed by atoms with Crippen LogP contribution in [-0.4, -0.2) is 29.3 Å². The van der Waals surface area contributed by atoms with Gasteiger partial charge in [0.25, 0.3) is 15.6 Å². The van der Waals surface area contributed by atoms with E-state index in [0.29, 0.717) is 40.3 Å². The van der Waals surface area contributed by atoms with Gasteiger partial charge in [-0.3, -0.25) is 14.6 Å². The van der Waals surface area contributed by atoms with E-state index in [9.17, 15) is 18.0 Å². The van der Waals surface area contributed by atoms with Crippen molar-refractivity contribution in [3.05, 3.63) is 77.1 Å². The minimum absolute atomic E-state index is 0.0243. The van der Waals surface area contributed by atoms with Crippen LogP contribution in [0.25, 0.3) is 21.7 Å². The van der Waals surface area contributed by atoms with Crippen molar-refractivity contribution in [3.8, 4) is 0 Å². The largest absolute Gasteiger partial charge is 0.310 e. The third-order valence-corrected chi connectivity index (χ3v) is 6.09. The number of aromatic amines is 1. The smallest absolute Gasteiger partial charge is 0.264 e. The van der Waals surface area contributed by atoms with Gasteiger partial charge < -0.3 is 4.98 Å². The van der Waals surface area contributed by atoms with Crippen molar-refractivity contribution in [3.63, 3.8) is 0 Å². The molecule has 30 heavy (non-hydrogen) atoms. The molecule has 8 nitrogen and oxygen atoms in total. The third kappa shape index (κ3) is 4.06. The molecule has 152 valence electrons. The number of amides is 1. The van der Waals surface area contributed by atoms with Crippen molar-refractivity contribution in [1.29, 1.82) is 0 Å². The number of carbonyl (C=O) groups excluding carboxylic acids is 1. The van der Waals surface area contributed by atoms with Gasteiger partial charge in [-0.15, -0.1) is 0 Å². The van der Waals surface area contributed by atoms with Gasteiger partial charge in [-0.25, -0.2) is 18.1 Å². The fourth-order valence-corrected chi connectivity index (χ4v) is 4.50. The Morgan fingerprint density at radius 1 is 1.03 bits per heavy atom. The first-order valence-corrected chi connectivity index (χ1v) is 10.8. The number of hydrogen-bond donors (Lipinski definition) is 2. The molecule has 0 spiro atoms. The molecule has 2 heterocycles. The number of benzene rings is 2. The number of hydrogen-bond acceptors (Lipinski definition) is 6. The SMILES string of the molecule is O=C(CCCc1nc2ccccc2c(=O)[nH]1)NS(=O)(=O)c1cccc2cnccc12. The van der Waals surface area contributed by atoms with E-state index >= 15 is 0 Å². The number of fused-ring (bicyclic) bond motifs is 2. The number of nitrogens with one attached hydrogen (secondary N) is 2.